The highest BCUT2D eigenvalue weighted by Gasteiger charge is 2.20. The van der Waals surface area contributed by atoms with Crippen molar-refractivity contribution in [1.29, 1.82) is 0 Å². The molecule has 0 aliphatic heterocycles. The average Bonchev–Trinajstić information content (AvgIpc) is 2.69. The first-order valence-corrected chi connectivity index (χ1v) is 8.60. The number of hydrogen-bond acceptors (Lipinski definition) is 4. The van der Waals surface area contributed by atoms with E-state index in [9.17, 15) is 5.11 Å². The maximum absolute atomic E-state index is 10.9. The third-order valence-corrected chi connectivity index (χ3v) is 4.48. The van der Waals surface area contributed by atoms with Crippen LogP contribution in [0.2, 0.25) is 5.02 Å². The Balaban J connectivity index is 1.83. The van der Waals surface area contributed by atoms with Crippen LogP contribution >= 0.6 is 11.6 Å². The molecule has 0 bridgehead atoms. The number of benzene rings is 2. The largest absolute Gasteiger partial charge is 0.505 e. The summed E-state index contributed by atoms with van der Waals surface area (Å²) in [5.74, 6) is 0.153. The summed E-state index contributed by atoms with van der Waals surface area (Å²) in [6, 6.07) is 20.5. The lowest BCUT2D eigenvalue weighted by atomic mass is 9.99. The lowest BCUT2D eigenvalue weighted by Gasteiger charge is -2.21. The Morgan fingerprint density at radius 1 is 0.846 bits per heavy atom. The number of anilines is 1. The lowest BCUT2D eigenvalue weighted by Crippen LogP contribution is -2.14. The Bertz CT molecular complexity index is 1040. The van der Waals surface area contributed by atoms with Crippen LogP contribution in [0.4, 0.5) is 5.69 Å². The monoisotopic (exact) mass is 361 g/mol. The van der Waals surface area contributed by atoms with E-state index in [1.807, 2.05) is 66.7 Å². The molecule has 2 aromatic carbocycles. The molecule has 2 heterocycles. The number of nitrogens with one attached hydrogen (secondary N) is 1. The van der Waals surface area contributed by atoms with Gasteiger partial charge in [-0.05, 0) is 42.5 Å². The van der Waals surface area contributed by atoms with E-state index in [1.54, 1.807) is 12.4 Å². The van der Waals surface area contributed by atoms with Crippen LogP contribution in [-0.2, 0) is 0 Å². The third kappa shape index (κ3) is 3.19. The summed E-state index contributed by atoms with van der Waals surface area (Å²) >= 11 is 5.98. The van der Waals surface area contributed by atoms with Gasteiger partial charge in [0, 0.05) is 34.1 Å². The van der Waals surface area contributed by atoms with E-state index < -0.39 is 0 Å². The molecule has 4 aromatic rings. The molecule has 4 rings (SSSR count). The molecule has 0 amide bonds. The van der Waals surface area contributed by atoms with E-state index in [2.05, 4.69) is 15.3 Å². The van der Waals surface area contributed by atoms with Crippen molar-refractivity contribution < 1.29 is 5.11 Å². The quantitative estimate of drug-likeness (QED) is 0.525. The molecule has 1 atom stereocenters. The normalized spacial score (nSPS) is 12.0. The van der Waals surface area contributed by atoms with Crippen LogP contribution in [0.25, 0.3) is 10.9 Å². The van der Waals surface area contributed by atoms with Crippen molar-refractivity contribution in [3.05, 3.63) is 95.4 Å². The second kappa shape index (κ2) is 7.02. The van der Waals surface area contributed by atoms with Gasteiger partial charge >= 0.3 is 0 Å². The zero-order valence-electron chi connectivity index (χ0n) is 13.8. The molecule has 2 N–H and O–H groups in total. The minimum Gasteiger partial charge on any atom is -0.505 e. The number of hydrogen-bond donors (Lipinski definition) is 2. The van der Waals surface area contributed by atoms with Gasteiger partial charge in [-0.15, -0.1) is 0 Å². The molecular weight excluding hydrogens is 346 g/mol. The molecule has 0 fully saturated rings. The fraction of sp³-hybridized carbons (Fsp3) is 0.0476. The second-order valence-corrected chi connectivity index (χ2v) is 6.35. The molecular formula is C21H16ClN3O. The van der Waals surface area contributed by atoms with Crippen molar-refractivity contribution >= 4 is 28.2 Å². The first kappa shape index (κ1) is 16.4. The molecule has 0 radical (unpaired) electrons. The van der Waals surface area contributed by atoms with Crippen molar-refractivity contribution in [2.75, 3.05) is 5.32 Å². The molecule has 0 spiro atoms. The number of fused-ring (bicyclic) bond motifs is 1. The van der Waals surface area contributed by atoms with Gasteiger partial charge in [0.25, 0.3) is 0 Å². The molecule has 128 valence electrons. The Labute approximate surface area is 156 Å². The summed E-state index contributed by atoms with van der Waals surface area (Å²) in [4.78, 5) is 8.79. The number of halogens is 1. The van der Waals surface area contributed by atoms with E-state index in [-0.39, 0.29) is 11.8 Å². The molecule has 0 aliphatic rings. The highest BCUT2D eigenvalue weighted by molar-refractivity contribution is 6.30. The maximum atomic E-state index is 10.9. The van der Waals surface area contributed by atoms with Crippen LogP contribution in [0.1, 0.15) is 17.3 Å². The van der Waals surface area contributed by atoms with Crippen LogP contribution < -0.4 is 5.32 Å². The molecule has 26 heavy (non-hydrogen) atoms. The standard InChI is InChI=1S/C21H16ClN3O/c22-15-7-9-16(10-8-15)25-20(18-5-1-2-12-23-18)17-11-6-14-4-3-13-24-19(14)21(17)26/h1-13,20,25-26H/t20-/m0/s1. The molecule has 0 saturated heterocycles. The van der Waals surface area contributed by atoms with E-state index in [1.165, 1.54) is 0 Å². The molecule has 0 aliphatic carbocycles. The van der Waals surface area contributed by atoms with Gasteiger partial charge in [-0.2, -0.15) is 0 Å². The Kier molecular flexibility index (Phi) is 4.42. The van der Waals surface area contributed by atoms with Crippen LogP contribution in [0.3, 0.4) is 0 Å². The Morgan fingerprint density at radius 3 is 2.42 bits per heavy atom. The fourth-order valence-electron chi connectivity index (χ4n) is 2.95. The topological polar surface area (TPSA) is 58.0 Å². The van der Waals surface area contributed by atoms with Gasteiger partial charge < -0.3 is 10.4 Å². The molecule has 0 saturated carbocycles. The number of aromatic hydroxyl groups is 1. The minimum absolute atomic E-state index is 0.153. The summed E-state index contributed by atoms with van der Waals surface area (Å²) in [7, 11) is 0. The van der Waals surface area contributed by atoms with Gasteiger partial charge in [0.2, 0.25) is 0 Å². The summed E-state index contributed by atoms with van der Waals surface area (Å²) < 4.78 is 0. The molecule has 2 aromatic heterocycles. The van der Waals surface area contributed by atoms with Crippen molar-refractivity contribution in [3.8, 4) is 5.75 Å². The summed E-state index contributed by atoms with van der Waals surface area (Å²) in [5.41, 5.74) is 2.97. The maximum Gasteiger partial charge on any atom is 0.147 e. The van der Waals surface area contributed by atoms with Crippen molar-refractivity contribution in [2.45, 2.75) is 6.04 Å². The second-order valence-electron chi connectivity index (χ2n) is 5.92. The van der Waals surface area contributed by atoms with Crippen molar-refractivity contribution in [1.82, 2.24) is 9.97 Å². The number of phenolic OH excluding ortho intramolecular Hbond substituents is 1. The van der Waals surface area contributed by atoms with Crippen LogP contribution in [0.15, 0.2) is 79.1 Å². The van der Waals surface area contributed by atoms with E-state index in [4.69, 9.17) is 11.6 Å². The Morgan fingerprint density at radius 2 is 1.65 bits per heavy atom. The highest BCUT2D eigenvalue weighted by Crippen LogP contribution is 2.35. The highest BCUT2D eigenvalue weighted by atomic mass is 35.5. The summed E-state index contributed by atoms with van der Waals surface area (Å²) in [6.07, 6.45) is 3.41. The van der Waals surface area contributed by atoms with Gasteiger partial charge in [-0.3, -0.25) is 9.97 Å². The molecule has 5 heteroatoms. The Hall–Kier alpha value is -3.11. The SMILES string of the molecule is Oc1c([C@H](Nc2ccc(Cl)cc2)c2ccccn2)ccc2cccnc12. The number of nitrogens with zero attached hydrogens (tertiary/aromatic N) is 2. The fourth-order valence-corrected chi connectivity index (χ4v) is 3.07. The number of rotatable bonds is 4. The minimum atomic E-state index is -0.330. The van der Waals surface area contributed by atoms with E-state index >= 15 is 0 Å². The van der Waals surface area contributed by atoms with Gasteiger partial charge in [0.05, 0.1) is 11.7 Å². The van der Waals surface area contributed by atoms with E-state index in [0.29, 0.717) is 16.1 Å². The van der Waals surface area contributed by atoms with Crippen LogP contribution in [0, 0.1) is 0 Å². The lowest BCUT2D eigenvalue weighted by molar-refractivity contribution is 0.471. The van der Waals surface area contributed by atoms with Crippen molar-refractivity contribution in [3.63, 3.8) is 0 Å². The number of pyridine rings is 2. The van der Waals surface area contributed by atoms with Gasteiger partial charge in [0.15, 0.2) is 0 Å². The first-order valence-electron chi connectivity index (χ1n) is 8.22. The average molecular weight is 362 g/mol. The zero-order valence-corrected chi connectivity index (χ0v) is 14.6. The summed E-state index contributed by atoms with van der Waals surface area (Å²) in [6.45, 7) is 0. The van der Waals surface area contributed by atoms with Crippen LogP contribution in [-0.4, -0.2) is 15.1 Å². The predicted octanol–water partition coefficient (Wildman–Crippen LogP) is 5.19. The van der Waals surface area contributed by atoms with Gasteiger partial charge in [0.1, 0.15) is 11.3 Å². The number of aromatic nitrogens is 2. The van der Waals surface area contributed by atoms with Gasteiger partial charge in [-0.1, -0.05) is 35.9 Å². The van der Waals surface area contributed by atoms with Crippen LogP contribution in [0.5, 0.6) is 5.75 Å². The third-order valence-electron chi connectivity index (χ3n) is 4.23. The number of phenols is 1. The first-order chi connectivity index (χ1) is 12.7. The van der Waals surface area contributed by atoms with Crippen molar-refractivity contribution in [2.24, 2.45) is 0 Å². The smallest absolute Gasteiger partial charge is 0.147 e. The molecule has 4 nitrogen and oxygen atoms in total. The summed E-state index contributed by atoms with van der Waals surface area (Å²) in [5, 5.41) is 15.8. The van der Waals surface area contributed by atoms with Gasteiger partial charge in [-0.25, -0.2) is 0 Å². The molecule has 0 unspecified atom stereocenters. The predicted molar refractivity (Wildman–Crippen MR) is 105 cm³/mol. The zero-order chi connectivity index (χ0) is 17.9. The van der Waals surface area contributed by atoms with E-state index in [0.717, 1.165) is 16.8 Å².